The molecule has 0 aromatic heterocycles. The van der Waals surface area contributed by atoms with Gasteiger partial charge in [0.25, 0.3) is 5.91 Å². The van der Waals surface area contributed by atoms with Gasteiger partial charge < -0.3 is 10.1 Å². The SMILES string of the molecule is CSCC[C@@H](NS(=O)(=O)c1ccc(Cl)cc1)C(=O)OCC(=O)NC(C)C. The van der Waals surface area contributed by atoms with Crippen molar-refractivity contribution in [3.05, 3.63) is 29.3 Å². The Labute approximate surface area is 163 Å². The average molecular weight is 423 g/mol. The lowest BCUT2D eigenvalue weighted by atomic mass is 10.2. The Balaban J connectivity index is 2.80. The van der Waals surface area contributed by atoms with E-state index in [1.165, 1.54) is 36.0 Å². The first kappa shape index (κ1) is 22.8. The number of hydrogen-bond acceptors (Lipinski definition) is 6. The summed E-state index contributed by atoms with van der Waals surface area (Å²) < 4.78 is 32.2. The zero-order valence-electron chi connectivity index (χ0n) is 14.8. The van der Waals surface area contributed by atoms with Crippen LogP contribution >= 0.6 is 23.4 Å². The predicted octanol–water partition coefficient (Wildman–Crippen LogP) is 1.81. The van der Waals surface area contributed by atoms with Crippen LogP contribution in [-0.4, -0.2) is 51.0 Å². The maximum Gasteiger partial charge on any atom is 0.324 e. The molecule has 2 N–H and O–H groups in total. The number of halogens is 1. The van der Waals surface area contributed by atoms with Crippen molar-refractivity contribution in [2.24, 2.45) is 0 Å². The molecule has 1 rings (SSSR count). The number of amides is 1. The fourth-order valence-electron chi connectivity index (χ4n) is 1.93. The van der Waals surface area contributed by atoms with Gasteiger partial charge in [0, 0.05) is 11.1 Å². The Kier molecular flexibility index (Phi) is 9.42. The second-order valence-electron chi connectivity index (χ2n) is 5.74. The second-order valence-corrected chi connectivity index (χ2v) is 8.88. The highest BCUT2D eigenvalue weighted by Crippen LogP contribution is 2.15. The minimum absolute atomic E-state index is 0.0126. The molecule has 0 radical (unpaired) electrons. The van der Waals surface area contributed by atoms with Gasteiger partial charge in [0.1, 0.15) is 6.04 Å². The number of rotatable bonds is 10. The first-order valence-corrected chi connectivity index (χ1v) is 11.1. The van der Waals surface area contributed by atoms with E-state index in [4.69, 9.17) is 16.3 Å². The highest BCUT2D eigenvalue weighted by Gasteiger charge is 2.27. The van der Waals surface area contributed by atoms with Crippen LogP contribution in [0.4, 0.5) is 0 Å². The third-order valence-corrected chi connectivity index (χ3v) is 5.50. The number of carbonyl (C=O) groups is 2. The van der Waals surface area contributed by atoms with Gasteiger partial charge >= 0.3 is 5.97 Å². The Morgan fingerprint density at radius 2 is 1.85 bits per heavy atom. The number of benzene rings is 1. The van der Waals surface area contributed by atoms with E-state index in [1.807, 2.05) is 6.26 Å². The molecule has 1 aromatic rings. The molecule has 26 heavy (non-hydrogen) atoms. The van der Waals surface area contributed by atoms with Crippen LogP contribution in [0.3, 0.4) is 0 Å². The van der Waals surface area contributed by atoms with Crippen molar-refractivity contribution in [3.8, 4) is 0 Å². The standard InChI is InChI=1S/C16H23ClN2O5S2/c1-11(2)18-15(20)10-24-16(21)14(8-9-25-3)19-26(22,23)13-6-4-12(17)5-7-13/h4-7,11,14,19H,8-10H2,1-3H3,(H,18,20)/t14-/m1/s1. The van der Waals surface area contributed by atoms with E-state index >= 15 is 0 Å². The fraction of sp³-hybridized carbons (Fsp3) is 0.500. The minimum Gasteiger partial charge on any atom is -0.454 e. The first-order chi connectivity index (χ1) is 12.2. The third kappa shape index (κ3) is 7.94. The summed E-state index contributed by atoms with van der Waals surface area (Å²) in [4.78, 5) is 23.8. The van der Waals surface area contributed by atoms with Crippen molar-refractivity contribution in [1.29, 1.82) is 0 Å². The Morgan fingerprint density at radius 1 is 1.23 bits per heavy atom. The molecule has 0 aliphatic carbocycles. The molecule has 10 heteroatoms. The Hall–Kier alpha value is -1.29. The highest BCUT2D eigenvalue weighted by molar-refractivity contribution is 7.98. The largest absolute Gasteiger partial charge is 0.454 e. The average Bonchev–Trinajstić information content (AvgIpc) is 2.56. The molecular formula is C16H23ClN2O5S2. The minimum atomic E-state index is -3.93. The number of hydrogen-bond donors (Lipinski definition) is 2. The summed E-state index contributed by atoms with van der Waals surface area (Å²) in [5, 5.41) is 2.99. The lowest BCUT2D eigenvalue weighted by Gasteiger charge is -2.18. The molecule has 0 unspecified atom stereocenters. The number of ether oxygens (including phenoxy) is 1. The normalized spacial score (nSPS) is 12.7. The van der Waals surface area contributed by atoms with Crippen molar-refractivity contribution in [2.45, 2.75) is 37.2 Å². The molecule has 0 fully saturated rings. The summed E-state index contributed by atoms with van der Waals surface area (Å²) in [6.45, 7) is 3.10. The second kappa shape index (κ2) is 10.8. The van der Waals surface area contributed by atoms with Gasteiger partial charge in [-0.3, -0.25) is 9.59 Å². The van der Waals surface area contributed by atoms with E-state index in [2.05, 4.69) is 10.0 Å². The summed E-state index contributed by atoms with van der Waals surface area (Å²) in [5.41, 5.74) is 0. The molecule has 0 aliphatic heterocycles. The van der Waals surface area contributed by atoms with Gasteiger partial charge in [-0.05, 0) is 56.5 Å². The number of thioether (sulfide) groups is 1. The van der Waals surface area contributed by atoms with E-state index in [1.54, 1.807) is 13.8 Å². The van der Waals surface area contributed by atoms with Crippen molar-refractivity contribution in [3.63, 3.8) is 0 Å². The summed E-state index contributed by atoms with van der Waals surface area (Å²) in [5.74, 6) is -0.700. The van der Waals surface area contributed by atoms with Gasteiger partial charge in [-0.2, -0.15) is 16.5 Å². The third-order valence-electron chi connectivity index (χ3n) is 3.11. The zero-order chi connectivity index (χ0) is 19.7. The molecule has 1 aromatic carbocycles. The number of carbonyl (C=O) groups excluding carboxylic acids is 2. The molecular weight excluding hydrogens is 400 g/mol. The van der Waals surface area contributed by atoms with Gasteiger partial charge in [0.2, 0.25) is 10.0 Å². The van der Waals surface area contributed by atoms with E-state index in [9.17, 15) is 18.0 Å². The quantitative estimate of drug-likeness (QED) is 0.557. The zero-order valence-corrected chi connectivity index (χ0v) is 17.2. The van der Waals surface area contributed by atoms with Gasteiger partial charge in [-0.1, -0.05) is 11.6 Å². The summed E-state index contributed by atoms with van der Waals surface area (Å²) in [6.07, 6.45) is 2.07. The van der Waals surface area contributed by atoms with Crippen LogP contribution < -0.4 is 10.0 Å². The first-order valence-electron chi connectivity index (χ1n) is 7.88. The summed E-state index contributed by atoms with van der Waals surface area (Å²) in [6, 6.07) is 4.41. The van der Waals surface area contributed by atoms with Crippen molar-refractivity contribution < 1.29 is 22.7 Å². The smallest absolute Gasteiger partial charge is 0.324 e. The van der Waals surface area contributed by atoms with Gasteiger partial charge in [-0.15, -0.1) is 0 Å². The van der Waals surface area contributed by atoms with Crippen molar-refractivity contribution in [2.75, 3.05) is 18.6 Å². The molecule has 0 bridgehead atoms. The topological polar surface area (TPSA) is 102 Å². The van der Waals surface area contributed by atoms with Gasteiger partial charge in [-0.25, -0.2) is 8.42 Å². The van der Waals surface area contributed by atoms with Crippen LogP contribution in [0.5, 0.6) is 0 Å². The van der Waals surface area contributed by atoms with Crippen molar-refractivity contribution >= 4 is 45.3 Å². The van der Waals surface area contributed by atoms with Crippen LogP contribution in [0.1, 0.15) is 20.3 Å². The summed E-state index contributed by atoms with van der Waals surface area (Å²) >= 11 is 7.23. The van der Waals surface area contributed by atoms with Gasteiger partial charge in [0.15, 0.2) is 6.61 Å². The highest BCUT2D eigenvalue weighted by atomic mass is 35.5. The maximum atomic E-state index is 12.5. The molecule has 0 spiro atoms. The van der Waals surface area contributed by atoms with E-state index in [0.717, 1.165) is 0 Å². The monoisotopic (exact) mass is 422 g/mol. The van der Waals surface area contributed by atoms with Crippen LogP contribution in [0.15, 0.2) is 29.2 Å². The maximum absolute atomic E-state index is 12.5. The van der Waals surface area contributed by atoms with E-state index in [-0.39, 0.29) is 17.4 Å². The van der Waals surface area contributed by atoms with Crippen molar-refractivity contribution in [1.82, 2.24) is 10.0 Å². The lowest BCUT2D eigenvalue weighted by Crippen LogP contribution is -2.43. The van der Waals surface area contributed by atoms with Gasteiger partial charge in [0.05, 0.1) is 4.90 Å². The van der Waals surface area contributed by atoms with E-state index < -0.39 is 34.5 Å². The molecule has 0 aliphatic rings. The molecule has 146 valence electrons. The van der Waals surface area contributed by atoms with Crippen LogP contribution in [0, 0.1) is 0 Å². The molecule has 1 atom stereocenters. The molecule has 0 saturated heterocycles. The summed E-state index contributed by atoms with van der Waals surface area (Å²) in [7, 11) is -3.93. The van der Waals surface area contributed by atoms with Crippen LogP contribution in [-0.2, 0) is 24.3 Å². The Bertz CT molecular complexity index is 708. The van der Waals surface area contributed by atoms with Crippen LogP contribution in [0.2, 0.25) is 5.02 Å². The lowest BCUT2D eigenvalue weighted by molar-refractivity contribution is -0.150. The fourth-order valence-corrected chi connectivity index (χ4v) is 3.75. The Morgan fingerprint density at radius 3 is 2.38 bits per heavy atom. The predicted molar refractivity (Wildman–Crippen MR) is 103 cm³/mol. The number of esters is 1. The van der Waals surface area contributed by atoms with Crippen LogP contribution in [0.25, 0.3) is 0 Å². The number of sulfonamides is 1. The molecule has 7 nitrogen and oxygen atoms in total. The number of nitrogens with one attached hydrogen (secondary N) is 2. The molecule has 0 heterocycles. The molecule has 0 saturated carbocycles. The van der Waals surface area contributed by atoms with E-state index in [0.29, 0.717) is 10.8 Å². The molecule has 1 amide bonds.